The number of nitrogens with zero attached hydrogens (tertiary/aromatic N) is 2. The van der Waals surface area contributed by atoms with Crippen molar-refractivity contribution in [2.24, 2.45) is 5.10 Å². The lowest BCUT2D eigenvalue weighted by Crippen LogP contribution is -2.27. The van der Waals surface area contributed by atoms with Gasteiger partial charge in [0.15, 0.2) is 0 Å². The van der Waals surface area contributed by atoms with Crippen molar-refractivity contribution in [3.05, 3.63) is 107 Å². The van der Waals surface area contributed by atoms with Gasteiger partial charge in [0.05, 0.1) is 11.5 Å². The number of thioether (sulfide) groups is 1. The van der Waals surface area contributed by atoms with Crippen LogP contribution in [-0.4, -0.2) is 28.2 Å². The summed E-state index contributed by atoms with van der Waals surface area (Å²) in [7, 11) is 0. The van der Waals surface area contributed by atoms with E-state index in [9.17, 15) is 14.0 Å². The number of rotatable bonds is 6. The van der Waals surface area contributed by atoms with Gasteiger partial charge < -0.3 is 4.90 Å². The van der Waals surface area contributed by atoms with Gasteiger partial charge >= 0.3 is 0 Å². The predicted molar refractivity (Wildman–Crippen MR) is 125 cm³/mol. The maximum Gasteiger partial charge on any atom is 0.271 e. The first-order chi connectivity index (χ1) is 15.5. The Labute approximate surface area is 190 Å². The molecule has 7 heteroatoms. The van der Waals surface area contributed by atoms with Crippen molar-refractivity contribution in [1.29, 1.82) is 0 Å². The SMILES string of the molecule is C/C(=N/NC(=O)c1ccc([C@@H]2SCC(=O)N2Cc2ccccc2)cc1)c1ccc(F)cc1. The van der Waals surface area contributed by atoms with E-state index in [0.29, 0.717) is 23.6 Å². The number of carbonyl (C=O) groups excluding carboxylic acids is 2. The van der Waals surface area contributed by atoms with E-state index < -0.39 is 0 Å². The molecule has 0 bridgehead atoms. The molecular weight excluding hydrogens is 425 g/mol. The highest BCUT2D eigenvalue weighted by molar-refractivity contribution is 8.00. The highest BCUT2D eigenvalue weighted by Crippen LogP contribution is 2.39. The zero-order valence-electron chi connectivity index (χ0n) is 17.5. The van der Waals surface area contributed by atoms with Crippen LogP contribution in [0.15, 0.2) is 84.0 Å². The van der Waals surface area contributed by atoms with Gasteiger partial charge in [0, 0.05) is 12.1 Å². The van der Waals surface area contributed by atoms with Crippen LogP contribution in [0.1, 0.15) is 39.3 Å². The van der Waals surface area contributed by atoms with E-state index in [1.807, 2.05) is 47.4 Å². The van der Waals surface area contributed by atoms with Gasteiger partial charge in [-0.05, 0) is 47.9 Å². The molecule has 0 aliphatic carbocycles. The summed E-state index contributed by atoms with van der Waals surface area (Å²) in [6.07, 6.45) is 0. The normalized spacial score (nSPS) is 16.3. The van der Waals surface area contributed by atoms with Crippen molar-refractivity contribution in [3.63, 3.8) is 0 Å². The van der Waals surface area contributed by atoms with Crippen LogP contribution in [0.2, 0.25) is 0 Å². The van der Waals surface area contributed by atoms with Gasteiger partial charge in [0.2, 0.25) is 5.91 Å². The molecule has 0 aromatic heterocycles. The first-order valence-corrected chi connectivity index (χ1v) is 11.2. The van der Waals surface area contributed by atoms with Gasteiger partial charge in [-0.3, -0.25) is 9.59 Å². The molecule has 1 fully saturated rings. The summed E-state index contributed by atoms with van der Waals surface area (Å²) in [5, 5.41) is 4.02. The molecule has 3 aromatic carbocycles. The third kappa shape index (κ3) is 5.06. The van der Waals surface area contributed by atoms with E-state index >= 15 is 0 Å². The Morgan fingerprint density at radius 3 is 2.38 bits per heavy atom. The van der Waals surface area contributed by atoms with E-state index in [4.69, 9.17) is 0 Å². The first kappa shape index (κ1) is 21.8. The summed E-state index contributed by atoms with van der Waals surface area (Å²) >= 11 is 1.59. The molecule has 1 N–H and O–H groups in total. The summed E-state index contributed by atoms with van der Waals surface area (Å²) in [6.45, 7) is 2.29. The summed E-state index contributed by atoms with van der Waals surface area (Å²) < 4.78 is 13.1. The van der Waals surface area contributed by atoms with E-state index in [0.717, 1.165) is 16.7 Å². The minimum atomic E-state index is -0.339. The van der Waals surface area contributed by atoms with Crippen LogP contribution in [0.5, 0.6) is 0 Å². The fraction of sp³-hybridized carbons (Fsp3) is 0.160. The number of carbonyl (C=O) groups is 2. The van der Waals surface area contributed by atoms with Crippen molar-refractivity contribution in [3.8, 4) is 0 Å². The molecule has 0 radical (unpaired) electrons. The Hall–Kier alpha value is -3.45. The Balaban J connectivity index is 1.42. The van der Waals surface area contributed by atoms with E-state index in [2.05, 4.69) is 10.5 Å². The quantitative estimate of drug-likeness (QED) is 0.438. The zero-order chi connectivity index (χ0) is 22.5. The topological polar surface area (TPSA) is 61.8 Å². The molecule has 0 spiro atoms. The smallest absolute Gasteiger partial charge is 0.271 e. The molecule has 162 valence electrons. The lowest BCUT2D eigenvalue weighted by atomic mass is 10.1. The van der Waals surface area contributed by atoms with Crippen LogP contribution in [0.3, 0.4) is 0 Å². The van der Waals surface area contributed by atoms with Gasteiger partial charge in [-0.15, -0.1) is 11.8 Å². The predicted octanol–water partition coefficient (Wildman–Crippen LogP) is 4.75. The molecule has 5 nitrogen and oxygen atoms in total. The molecule has 1 saturated heterocycles. The van der Waals surface area contributed by atoms with Crippen LogP contribution in [0, 0.1) is 5.82 Å². The Kier molecular flexibility index (Phi) is 6.66. The number of hydrogen-bond acceptors (Lipinski definition) is 4. The molecule has 3 aromatic rings. The monoisotopic (exact) mass is 447 g/mol. The lowest BCUT2D eigenvalue weighted by Gasteiger charge is -2.24. The average molecular weight is 448 g/mol. The van der Waals surface area contributed by atoms with Crippen LogP contribution in [-0.2, 0) is 11.3 Å². The number of benzene rings is 3. The Bertz CT molecular complexity index is 1130. The van der Waals surface area contributed by atoms with Gasteiger partial charge in [-0.2, -0.15) is 5.10 Å². The number of halogens is 1. The Morgan fingerprint density at radius 1 is 1.03 bits per heavy atom. The lowest BCUT2D eigenvalue weighted by molar-refractivity contribution is -0.128. The molecule has 1 heterocycles. The van der Waals surface area contributed by atoms with Crippen molar-refractivity contribution in [2.75, 3.05) is 5.75 Å². The number of hydrazone groups is 1. The summed E-state index contributed by atoms with van der Waals surface area (Å²) in [4.78, 5) is 26.8. The van der Waals surface area contributed by atoms with E-state index in [1.54, 1.807) is 43.0 Å². The second kappa shape index (κ2) is 9.78. The fourth-order valence-corrected chi connectivity index (χ4v) is 4.62. The third-order valence-corrected chi connectivity index (χ3v) is 6.47. The average Bonchev–Trinajstić information content (AvgIpc) is 3.18. The molecule has 0 unspecified atom stereocenters. The highest BCUT2D eigenvalue weighted by atomic mass is 32.2. The van der Waals surface area contributed by atoms with Crippen LogP contribution >= 0.6 is 11.8 Å². The Morgan fingerprint density at radius 2 is 1.69 bits per heavy atom. The van der Waals surface area contributed by atoms with E-state index in [1.165, 1.54) is 12.1 Å². The molecule has 2 amide bonds. The molecule has 1 aliphatic heterocycles. The standard InChI is InChI=1S/C25H22FN3O2S/c1-17(19-11-13-22(26)14-12-19)27-28-24(31)20-7-9-21(10-8-20)25-29(23(30)16-32-25)15-18-5-3-2-4-6-18/h2-14,25H,15-16H2,1H3,(H,28,31)/b27-17-/t25-/m0/s1. The maximum absolute atomic E-state index is 13.1. The number of hydrogen-bond donors (Lipinski definition) is 1. The van der Waals surface area contributed by atoms with Gasteiger partial charge in [-0.1, -0.05) is 54.6 Å². The van der Waals surface area contributed by atoms with Crippen molar-refractivity contribution >= 4 is 29.3 Å². The van der Waals surface area contributed by atoms with Crippen molar-refractivity contribution in [2.45, 2.75) is 18.8 Å². The van der Waals surface area contributed by atoms with Crippen LogP contribution in [0.4, 0.5) is 4.39 Å². The third-order valence-electron chi connectivity index (χ3n) is 5.21. The van der Waals surface area contributed by atoms with E-state index in [-0.39, 0.29) is 23.0 Å². The van der Waals surface area contributed by atoms with Crippen LogP contribution < -0.4 is 5.43 Å². The second-order valence-electron chi connectivity index (χ2n) is 7.44. The summed E-state index contributed by atoms with van der Waals surface area (Å²) in [5.41, 5.74) is 6.36. The highest BCUT2D eigenvalue weighted by Gasteiger charge is 2.32. The molecule has 1 atom stereocenters. The zero-order valence-corrected chi connectivity index (χ0v) is 18.3. The maximum atomic E-state index is 13.1. The van der Waals surface area contributed by atoms with Crippen molar-refractivity contribution < 1.29 is 14.0 Å². The second-order valence-corrected chi connectivity index (χ2v) is 8.51. The largest absolute Gasteiger partial charge is 0.322 e. The molecule has 0 saturated carbocycles. The minimum Gasteiger partial charge on any atom is -0.322 e. The van der Waals surface area contributed by atoms with Gasteiger partial charge in [0.1, 0.15) is 11.2 Å². The molecule has 32 heavy (non-hydrogen) atoms. The molecular formula is C25H22FN3O2S. The van der Waals surface area contributed by atoms with Gasteiger partial charge in [-0.25, -0.2) is 9.82 Å². The van der Waals surface area contributed by atoms with Crippen LogP contribution in [0.25, 0.3) is 0 Å². The number of nitrogens with one attached hydrogen (secondary N) is 1. The van der Waals surface area contributed by atoms with Crippen molar-refractivity contribution in [1.82, 2.24) is 10.3 Å². The molecule has 4 rings (SSSR count). The number of amides is 2. The van der Waals surface area contributed by atoms with Gasteiger partial charge in [0.25, 0.3) is 5.91 Å². The summed E-state index contributed by atoms with van der Waals surface area (Å²) in [6, 6.07) is 23.0. The fourth-order valence-electron chi connectivity index (χ4n) is 3.44. The first-order valence-electron chi connectivity index (χ1n) is 10.2. The molecule has 1 aliphatic rings. The summed E-state index contributed by atoms with van der Waals surface area (Å²) in [5.74, 6) is -0.113. The minimum absolute atomic E-state index is 0.0847.